The second kappa shape index (κ2) is 8.06. The van der Waals surface area contributed by atoms with Crippen LogP contribution in [0.5, 0.6) is 0 Å². The summed E-state index contributed by atoms with van der Waals surface area (Å²) >= 11 is 0. The van der Waals surface area contributed by atoms with Gasteiger partial charge in [0, 0.05) is 5.70 Å². The number of hydrogen-bond acceptors (Lipinski definition) is 2. The fourth-order valence-electron chi connectivity index (χ4n) is 2.49. The predicted molar refractivity (Wildman–Crippen MR) is 88.3 cm³/mol. The van der Waals surface area contributed by atoms with Crippen LogP contribution in [0.3, 0.4) is 0 Å². The van der Waals surface area contributed by atoms with Crippen LogP contribution in [0, 0.1) is 5.92 Å². The van der Waals surface area contributed by atoms with Crippen LogP contribution < -0.4 is 0 Å². The Morgan fingerprint density at radius 2 is 1.76 bits per heavy atom. The van der Waals surface area contributed by atoms with E-state index in [1.54, 1.807) is 7.98 Å². The molecule has 0 aromatic heterocycles. The average molecular weight is 290 g/mol. The first-order chi connectivity index (χ1) is 9.98. The number of nitrogens with zero attached hydrogens (tertiary/aromatic N) is 2. The summed E-state index contributed by atoms with van der Waals surface area (Å²) in [6, 6.07) is -0.222. The van der Waals surface area contributed by atoms with Crippen molar-refractivity contribution in [1.82, 2.24) is 9.71 Å². The van der Waals surface area contributed by atoms with Gasteiger partial charge in [0.2, 0.25) is 7.98 Å². The SMILES string of the molecule is BN1CC(=O)N(/C(C=C(CC)CC)=C/C(CC)CC)C1=O. The number of hydrogen-bond donors (Lipinski definition) is 0. The van der Waals surface area contributed by atoms with Crippen LogP contribution in [-0.4, -0.2) is 36.2 Å². The molecular formula is C16H27BN2O2. The topological polar surface area (TPSA) is 40.6 Å². The Kier molecular flexibility index (Phi) is 6.73. The Morgan fingerprint density at radius 3 is 2.14 bits per heavy atom. The largest absolute Gasteiger partial charge is 0.367 e. The maximum atomic E-state index is 12.2. The third-order valence-corrected chi connectivity index (χ3v) is 4.11. The van der Waals surface area contributed by atoms with Gasteiger partial charge in [-0.3, -0.25) is 4.79 Å². The molecule has 1 heterocycles. The third kappa shape index (κ3) is 4.22. The first kappa shape index (κ1) is 17.5. The molecule has 0 aromatic carbocycles. The van der Waals surface area contributed by atoms with Gasteiger partial charge in [-0.15, -0.1) is 0 Å². The minimum Gasteiger partial charge on any atom is -0.367 e. The summed E-state index contributed by atoms with van der Waals surface area (Å²) < 4.78 is 0. The maximum absolute atomic E-state index is 12.2. The molecule has 116 valence electrons. The van der Waals surface area contributed by atoms with Gasteiger partial charge < -0.3 is 4.81 Å². The molecule has 4 nitrogen and oxygen atoms in total. The highest BCUT2D eigenvalue weighted by Gasteiger charge is 2.35. The minimum atomic E-state index is -0.222. The summed E-state index contributed by atoms with van der Waals surface area (Å²) in [5.74, 6) is 0.250. The molecule has 0 aliphatic carbocycles. The van der Waals surface area contributed by atoms with Crippen molar-refractivity contribution in [2.45, 2.75) is 53.4 Å². The van der Waals surface area contributed by atoms with Crippen molar-refractivity contribution in [2.24, 2.45) is 5.92 Å². The van der Waals surface area contributed by atoms with E-state index in [0.29, 0.717) is 5.92 Å². The molecule has 0 radical (unpaired) electrons. The van der Waals surface area contributed by atoms with Gasteiger partial charge in [0.25, 0.3) is 5.91 Å². The van der Waals surface area contributed by atoms with Gasteiger partial charge in [0.15, 0.2) is 0 Å². The molecule has 0 unspecified atom stereocenters. The second-order valence-corrected chi connectivity index (χ2v) is 5.55. The van der Waals surface area contributed by atoms with Gasteiger partial charge in [-0.05, 0) is 37.7 Å². The number of rotatable bonds is 7. The fraction of sp³-hybridized carbons (Fsp3) is 0.625. The van der Waals surface area contributed by atoms with E-state index in [4.69, 9.17) is 0 Å². The van der Waals surface area contributed by atoms with E-state index in [-0.39, 0.29) is 18.5 Å². The summed E-state index contributed by atoms with van der Waals surface area (Å²) in [5, 5.41) is 0. The zero-order valence-corrected chi connectivity index (χ0v) is 14.0. The van der Waals surface area contributed by atoms with Gasteiger partial charge in [-0.25, -0.2) is 9.69 Å². The predicted octanol–water partition coefficient (Wildman–Crippen LogP) is 2.87. The van der Waals surface area contributed by atoms with E-state index < -0.39 is 0 Å². The van der Waals surface area contributed by atoms with Gasteiger partial charge >= 0.3 is 6.03 Å². The summed E-state index contributed by atoms with van der Waals surface area (Å²) in [7, 11) is 1.67. The number of carbonyl (C=O) groups is 2. The van der Waals surface area contributed by atoms with Crippen molar-refractivity contribution in [1.29, 1.82) is 0 Å². The van der Waals surface area contributed by atoms with Gasteiger partial charge in [0.05, 0.1) is 6.54 Å². The standard InChI is InChI=1S/C16H27BN2O2/c1-5-12(6-2)9-14(10-13(7-3)8-4)19-15(20)11-18(17)16(19)21/h9-10,12H,5-8,11,17H2,1-4H3/b14-9+. The van der Waals surface area contributed by atoms with E-state index in [1.807, 2.05) is 6.08 Å². The van der Waals surface area contributed by atoms with Crippen LogP contribution in [-0.2, 0) is 4.79 Å². The number of amides is 3. The first-order valence-corrected chi connectivity index (χ1v) is 7.97. The molecule has 3 amide bonds. The van der Waals surface area contributed by atoms with Crippen LogP contribution >= 0.6 is 0 Å². The Bertz CT molecular complexity index is 447. The molecule has 1 rings (SSSR count). The zero-order chi connectivity index (χ0) is 16.0. The van der Waals surface area contributed by atoms with Gasteiger partial charge in [0.1, 0.15) is 0 Å². The highest BCUT2D eigenvalue weighted by atomic mass is 16.2. The summed E-state index contributed by atoms with van der Waals surface area (Å²) in [4.78, 5) is 27.2. The highest BCUT2D eigenvalue weighted by Crippen LogP contribution is 2.23. The lowest BCUT2D eigenvalue weighted by Gasteiger charge is -2.19. The molecule has 0 saturated carbocycles. The van der Waals surface area contributed by atoms with Crippen molar-refractivity contribution in [3.8, 4) is 0 Å². The molecule has 0 aromatic rings. The fourth-order valence-corrected chi connectivity index (χ4v) is 2.49. The molecule has 0 spiro atoms. The molecule has 1 aliphatic rings. The van der Waals surface area contributed by atoms with Crippen LogP contribution in [0.1, 0.15) is 53.4 Å². The summed E-state index contributed by atoms with van der Waals surface area (Å²) in [5.41, 5.74) is 2.00. The summed E-state index contributed by atoms with van der Waals surface area (Å²) in [6.45, 7) is 8.63. The van der Waals surface area contributed by atoms with E-state index in [9.17, 15) is 9.59 Å². The molecule has 5 heteroatoms. The molecule has 0 bridgehead atoms. The second-order valence-electron chi connectivity index (χ2n) is 5.55. The Morgan fingerprint density at radius 1 is 1.19 bits per heavy atom. The smallest absolute Gasteiger partial charge is 0.319 e. The molecule has 0 N–H and O–H groups in total. The van der Waals surface area contributed by atoms with E-state index in [1.165, 1.54) is 15.3 Å². The monoisotopic (exact) mass is 290 g/mol. The van der Waals surface area contributed by atoms with Crippen molar-refractivity contribution in [2.75, 3.05) is 6.54 Å². The van der Waals surface area contributed by atoms with Crippen molar-refractivity contribution in [3.05, 3.63) is 23.4 Å². The Hall–Kier alpha value is -1.52. The highest BCUT2D eigenvalue weighted by molar-refractivity contribution is 6.21. The molecule has 1 fully saturated rings. The average Bonchev–Trinajstić information content (AvgIpc) is 2.73. The maximum Gasteiger partial charge on any atom is 0.319 e. The first-order valence-electron chi connectivity index (χ1n) is 7.97. The summed E-state index contributed by atoms with van der Waals surface area (Å²) in [6.07, 6.45) is 7.99. The zero-order valence-electron chi connectivity index (χ0n) is 14.0. The van der Waals surface area contributed by atoms with Gasteiger partial charge in [-0.2, -0.15) is 0 Å². The minimum absolute atomic E-state index is 0.137. The number of allylic oxidation sites excluding steroid dienone is 3. The van der Waals surface area contributed by atoms with Crippen molar-refractivity contribution >= 4 is 19.9 Å². The van der Waals surface area contributed by atoms with Crippen LogP contribution in [0.15, 0.2) is 23.4 Å². The van der Waals surface area contributed by atoms with Crippen LogP contribution in [0.4, 0.5) is 4.79 Å². The number of imide groups is 1. The van der Waals surface area contributed by atoms with Crippen molar-refractivity contribution < 1.29 is 9.59 Å². The van der Waals surface area contributed by atoms with Gasteiger partial charge in [-0.1, -0.05) is 39.3 Å². The lowest BCUT2D eigenvalue weighted by molar-refractivity contribution is -0.123. The lowest BCUT2D eigenvalue weighted by Crippen LogP contribution is -2.31. The normalized spacial score (nSPS) is 16.1. The van der Waals surface area contributed by atoms with Crippen LogP contribution in [0.25, 0.3) is 0 Å². The molecule has 1 aliphatic heterocycles. The Balaban J connectivity index is 3.22. The molecule has 0 atom stereocenters. The Labute approximate surface area is 129 Å². The number of carbonyl (C=O) groups excluding carboxylic acids is 2. The van der Waals surface area contributed by atoms with E-state index in [0.717, 1.165) is 31.4 Å². The molecular weight excluding hydrogens is 263 g/mol. The molecule has 1 saturated heterocycles. The van der Waals surface area contributed by atoms with Crippen LogP contribution in [0.2, 0.25) is 0 Å². The number of urea groups is 1. The van der Waals surface area contributed by atoms with E-state index in [2.05, 4.69) is 33.8 Å². The quantitative estimate of drug-likeness (QED) is 0.411. The molecule has 21 heavy (non-hydrogen) atoms. The van der Waals surface area contributed by atoms with E-state index >= 15 is 0 Å². The lowest BCUT2D eigenvalue weighted by atomic mass is 10.00. The third-order valence-electron chi connectivity index (χ3n) is 4.11. The van der Waals surface area contributed by atoms with Crippen molar-refractivity contribution in [3.63, 3.8) is 0 Å².